The summed E-state index contributed by atoms with van der Waals surface area (Å²) in [6, 6.07) is 3.72. The highest BCUT2D eigenvalue weighted by Crippen LogP contribution is 2.27. The van der Waals surface area contributed by atoms with E-state index in [1.807, 2.05) is 4.72 Å². The molecule has 0 atom stereocenters. The minimum Gasteiger partial charge on any atom is -0.505 e. The first-order valence-electron chi connectivity index (χ1n) is 5.19. The average molecular weight is 290 g/mol. The maximum Gasteiger partial charge on any atom is 0.339 e. The number of carboxylic acid groups (broad SMARTS) is 1. The first-order chi connectivity index (χ1) is 8.87. The number of hydrogen-bond acceptors (Lipinski definition) is 5. The van der Waals surface area contributed by atoms with Gasteiger partial charge in [-0.05, 0) is 12.1 Å². The summed E-state index contributed by atoms with van der Waals surface area (Å²) >= 11 is 0. The number of rotatable bonds is 7. The summed E-state index contributed by atoms with van der Waals surface area (Å²) in [5.74, 6) is -2.00. The molecule has 0 aliphatic heterocycles. The molecule has 4 N–H and O–H groups in total. The van der Waals surface area contributed by atoms with E-state index in [4.69, 9.17) is 5.11 Å². The lowest BCUT2D eigenvalue weighted by Crippen LogP contribution is -2.32. The summed E-state index contributed by atoms with van der Waals surface area (Å²) in [6.45, 7) is 0.229. The Labute approximate surface area is 110 Å². The van der Waals surface area contributed by atoms with Crippen molar-refractivity contribution in [1.82, 2.24) is 4.72 Å². The van der Waals surface area contributed by atoms with Crippen molar-refractivity contribution in [3.05, 3.63) is 23.8 Å². The minimum absolute atomic E-state index is 0.0468. The van der Waals surface area contributed by atoms with E-state index in [1.165, 1.54) is 19.2 Å². The number of phenols is 1. The monoisotopic (exact) mass is 290 g/mol. The van der Waals surface area contributed by atoms with Crippen molar-refractivity contribution in [2.45, 2.75) is 0 Å². The minimum atomic E-state index is -3.90. The highest BCUT2D eigenvalue weighted by Gasteiger charge is 2.17. The van der Waals surface area contributed by atoms with E-state index in [1.54, 1.807) is 0 Å². The summed E-state index contributed by atoms with van der Waals surface area (Å²) in [4.78, 5) is 10.8. The van der Waals surface area contributed by atoms with Gasteiger partial charge in [-0.15, -0.1) is 0 Å². The molecule has 0 radical (unpaired) electrons. The molecule has 0 spiro atoms. The highest BCUT2D eigenvalue weighted by molar-refractivity contribution is 7.90. The molecule has 106 valence electrons. The smallest absolute Gasteiger partial charge is 0.339 e. The van der Waals surface area contributed by atoms with E-state index < -0.39 is 27.5 Å². The van der Waals surface area contributed by atoms with Crippen LogP contribution in [-0.4, -0.2) is 44.9 Å². The third-order valence-electron chi connectivity index (χ3n) is 2.11. The number of aromatic hydroxyl groups is 1. The van der Waals surface area contributed by atoms with Gasteiger partial charge in [-0.2, -0.15) is 13.1 Å². The predicted octanol–water partition coefficient (Wildman–Crippen LogP) is -0.0169. The molecular formula is C10H14N2O6S. The molecule has 0 saturated heterocycles. The lowest BCUT2D eigenvalue weighted by molar-refractivity contribution is 0.0694. The molecular weight excluding hydrogens is 276 g/mol. The largest absolute Gasteiger partial charge is 0.505 e. The lowest BCUT2D eigenvalue weighted by atomic mass is 10.2. The number of carboxylic acids is 1. The predicted molar refractivity (Wildman–Crippen MR) is 67.5 cm³/mol. The van der Waals surface area contributed by atoms with Gasteiger partial charge in [0, 0.05) is 13.7 Å². The summed E-state index contributed by atoms with van der Waals surface area (Å²) in [5.41, 5.74) is -0.609. The quantitative estimate of drug-likeness (QED) is 0.413. The van der Waals surface area contributed by atoms with Crippen LogP contribution in [0.5, 0.6) is 5.75 Å². The second-order valence-electron chi connectivity index (χ2n) is 3.50. The second kappa shape index (κ2) is 6.36. The van der Waals surface area contributed by atoms with Crippen molar-refractivity contribution in [3.8, 4) is 5.75 Å². The summed E-state index contributed by atoms with van der Waals surface area (Å²) < 4.78 is 32.0. The number of hydrogen-bond donors (Lipinski definition) is 4. The van der Waals surface area contributed by atoms with Gasteiger partial charge in [-0.1, -0.05) is 6.07 Å². The molecule has 0 amide bonds. The van der Waals surface area contributed by atoms with Gasteiger partial charge >= 0.3 is 5.97 Å². The van der Waals surface area contributed by atoms with Gasteiger partial charge in [0.05, 0.1) is 12.3 Å². The molecule has 8 nitrogen and oxygen atoms in total. The maximum absolute atomic E-state index is 11.6. The van der Waals surface area contributed by atoms with E-state index >= 15 is 0 Å². The molecule has 0 aromatic heterocycles. The van der Waals surface area contributed by atoms with Crippen LogP contribution in [0.2, 0.25) is 0 Å². The first-order valence-corrected chi connectivity index (χ1v) is 6.67. The van der Waals surface area contributed by atoms with Crippen molar-refractivity contribution in [2.75, 3.05) is 25.0 Å². The van der Waals surface area contributed by atoms with E-state index in [0.717, 1.165) is 6.07 Å². The first kappa shape index (κ1) is 15.2. The van der Waals surface area contributed by atoms with E-state index in [0.29, 0.717) is 0 Å². The Morgan fingerprint density at radius 1 is 1.42 bits per heavy atom. The Balaban J connectivity index is 2.88. The van der Waals surface area contributed by atoms with Crippen molar-refractivity contribution in [1.29, 1.82) is 0 Å². The Bertz CT molecular complexity index is 557. The molecule has 1 aromatic carbocycles. The third-order valence-corrected chi connectivity index (χ3v) is 3.18. The molecule has 0 heterocycles. The van der Waals surface area contributed by atoms with Crippen LogP contribution < -0.4 is 9.44 Å². The molecule has 0 saturated carbocycles. The number of anilines is 1. The van der Waals surface area contributed by atoms with Gasteiger partial charge in [0.2, 0.25) is 0 Å². The number of carbonyl (C=O) groups is 1. The standard InChI is InChI=1S/C10H14N2O6S/c1-18-6-5-11-19(16,17)12-8-4-2-3-7(9(8)13)10(14)15/h2-4,11-13H,5-6H2,1H3,(H,14,15). The lowest BCUT2D eigenvalue weighted by Gasteiger charge is -2.11. The van der Waals surface area contributed by atoms with E-state index in [-0.39, 0.29) is 18.8 Å². The number of ether oxygens (including phenoxy) is 1. The van der Waals surface area contributed by atoms with Crippen LogP contribution in [-0.2, 0) is 14.9 Å². The van der Waals surface area contributed by atoms with Crippen molar-refractivity contribution in [2.24, 2.45) is 0 Å². The number of aromatic carboxylic acids is 1. The Morgan fingerprint density at radius 2 is 2.11 bits per heavy atom. The van der Waals surface area contributed by atoms with Crippen molar-refractivity contribution in [3.63, 3.8) is 0 Å². The van der Waals surface area contributed by atoms with Crippen LogP contribution in [0.4, 0.5) is 5.69 Å². The van der Waals surface area contributed by atoms with Crippen LogP contribution in [0.3, 0.4) is 0 Å². The fourth-order valence-electron chi connectivity index (χ4n) is 1.26. The SMILES string of the molecule is COCCNS(=O)(=O)Nc1cccc(C(=O)O)c1O. The molecule has 9 heteroatoms. The molecule has 1 aromatic rings. The van der Waals surface area contributed by atoms with E-state index in [2.05, 4.69) is 9.46 Å². The van der Waals surface area contributed by atoms with Gasteiger partial charge in [-0.25, -0.2) is 4.79 Å². The normalized spacial score (nSPS) is 11.2. The average Bonchev–Trinajstić information content (AvgIpc) is 2.31. The molecule has 0 unspecified atom stereocenters. The van der Waals surface area contributed by atoms with Crippen molar-refractivity contribution >= 4 is 21.9 Å². The molecule has 0 aliphatic carbocycles. The summed E-state index contributed by atoms with van der Waals surface area (Å²) in [7, 11) is -2.48. The van der Waals surface area contributed by atoms with Crippen LogP contribution >= 0.6 is 0 Å². The van der Waals surface area contributed by atoms with Crippen LogP contribution in [0.15, 0.2) is 18.2 Å². The molecule has 19 heavy (non-hydrogen) atoms. The van der Waals surface area contributed by atoms with Crippen molar-refractivity contribution < 1.29 is 28.2 Å². The van der Waals surface area contributed by atoms with Crippen LogP contribution in [0, 0.1) is 0 Å². The number of para-hydroxylation sites is 1. The maximum atomic E-state index is 11.6. The van der Waals surface area contributed by atoms with Gasteiger partial charge in [0.15, 0.2) is 5.75 Å². The fraction of sp³-hybridized carbons (Fsp3) is 0.300. The number of methoxy groups -OCH3 is 1. The fourth-order valence-corrected chi connectivity index (χ4v) is 2.14. The zero-order valence-corrected chi connectivity index (χ0v) is 10.9. The second-order valence-corrected chi connectivity index (χ2v) is 5.00. The molecule has 0 aliphatic rings. The molecule has 0 fully saturated rings. The zero-order valence-electron chi connectivity index (χ0n) is 10.1. The van der Waals surface area contributed by atoms with Gasteiger partial charge in [-0.3, -0.25) is 4.72 Å². The Hall–Kier alpha value is -1.84. The topological polar surface area (TPSA) is 125 Å². The molecule has 1 rings (SSSR count). The Kier molecular flexibility index (Phi) is 5.10. The summed E-state index contributed by atoms with van der Waals surface area (Å²) in [6.07, 6.45) is 0. The molecule has 0 bridgehead atoms. The zero-order chi connectivity index (χ0) is 14.5. The summed E-state index contributed by atoms with van der Waals surface area (Å²) in [5, 5.41) is 18.4. The van der Waals surface area contributed by atoms with Crippen LogP contribution in [0.25, 0.3) is 0 Å². The Morgan fingerprint density at radius 3 is 2.68 bits per heavy atom. The third kappa shape index (κ3) is 4.39. The van der Waals surface area contributed by atoms with Gasteiger partial charge < -0.3 is 14.9 Å². The highest BCUT2D eigenvalue weighted by atomic mass is 32.2. The van der Waals surface area contributed by atoms with E-state index in [9.17, 15) is 18.3 Å². The van der Waals surface area contributed by atoms with Gasteiger partial charge in [0.25, 0.3) is 10.2 Å². The number of nitrogens with one attached hydrogen (secondary N) is 2. The van der Waals surface area contributed by atoms with Gasteiger partial charge in [0.1, 0.15) is 5.56 Å². The van der Waals surface area contributed by atoms with Crippen LogP contribution in [0.1, 0.15) is 10.4 Å². The number of benzene rings is 1.